The zero-order valence-corrected chi connectivity index (χ0v) is 8.82. The van der Waals surface area contributed by atoms with Crippen molar-refractivity contribution in [3.8, 4) is 5.75 Å². The van der Waals surface area contributed by atoms with Gasteiger partial charge in [0.05, 0.1) is 5.69 Å². The van der Waals surface area contributed by atoms with Crippen molar-refractivity contribution >= 4 is 21.6 Å². The summed E-state index contributed by atoms with van der Waals surface area (Å²) in [5, 5.41) is 0.0373. The summed E-state index contributed by atoms with van der Waals surface area (Å²) in [6.45, 7) is 0. The van der Waals surface area contributed by atoms with E-state index in [-0.39, 0.29) is 16.6 Å². The Morgan fingerprint density at radius 1 is 1.33 bits per heavy atom. The minimum absolute atomic E-state index is 0.0373. The highest BCUT2D eigenvalue weighted by Gasteiger charge is 2.33. The Morgan fingerprint density at radius 3 is 2.40 bits per heavy atom. The van der Waals surface area contributed by atoms with Crippen molar-refractivity contribution in [2.75, 3.05) is 5.73 Å². The van der Waals surface area contributed by atoms with Gasteiger partial charge in [0.15, 0.2) is 11.6 Å². The number of nitrogen functional groups attached to an aromatic ring is 1. The number of anilines is 1. The van der Waals surface area contributed by atoms with Gasteiger partial charge in [-0.1, -0.05) is 22.0 Å². The summed E-state index contributed by atoms with van der Waals surface area (Å²) in [7, 11) is 0. The van der Waals surface area contributed by atoms with E-state index in [9.17, 15) is 17.6 Å². The first-order valence-electron chi connectivity index (χ1n) is 3.73. The molecule has 0 atom stereocenters. The molecule has 0 aromatic heterocycles. The molecule has 0 heterocycles. The number of ether oxygens (including phenoxy) is 1. The Balaban J connectivity index is 3.18. The van der Waals surface area contributed by atoms with Crippen LogP contribution in [0, 0.1) is 5.82 Å². The molecular weight excluding hydrogens is 282 g/mol. The van der Waals surface area contributed by atoms with Gasteiger partial charge in [-0.05, 0) is 6.07 Å². The van der Waals surface area contributed by atoms with Gasteiger partial charge in [-0.2, -0.15) is 0 Å². The van der Waals surface area contributed by atoms with Crippen LogP contribution in [0.5, 0.6) is 5.75 Å². The Bertz CT molecular complexity index is 366. The van der Waals surface area contributed by atoms with Crippen LogP contribution >= 0.6 is 15.9 Å². The van der Waals surface area contributed by atoms with Gasteiger partial charge in [-0.25, -0.2) is 4.39 Å². The van der Waals surface area contributed by atoms with Crippen LogP contribution in [-0.4, -0.2) is 6.36 Å². The summed E-state index contributed by atoms with van der Waals surface area (Å²) < 4.78 is 52.5. The van der Waals surface area contributed by atoms with Gasteiger partial charge >= 0.3 is 6.36 Å². The molecule has 0 fully saturated rings. The first-order chi connectivity index (χ1) is 6.85. The number of alkyl halides is 4. The van der Waals surface area contributed by atoms with Crippen LogP contribution in [0.25, 0.3) is 0 Å². The molecule has 0 aliphatic rings. The van der Waals surface area contributed by atoms with E-state index in [1.165, 1.54) is 12.1 Å². The third-order valence-electron chi connectivity index (χ3n) is 1.57. The molecule has 2 N–H and O–H groups in total. The minimum atomic E-state index is -4.94. The van der Waals surface area contributed by atoms with E-state index in [1.807, 2.05) is 0 Å². The number of rotatable bonds is 2. The fourth-order valence-electron chi connectivity index (χ4n) is 0.943. The van der Waals surface area contributed by atoms with E-state index < -0.39 is 17.9 Å². The largest absolute Gasteiger partial charge is 0.573 e. The maximum Gasteiger partial charge on any atom is 0.573 e. The first-order valence-corrected chi connectivity index (χ1v) is 4.86. The highest BCUT2D eigenvalue weighted by atomic mass is 79.9. The van der Waals surface area contributed by atoms with Crippen molar-refractivity contribution in [3.05, 3.63) is 23.5 Å². The van der Waals surface area contributed by atoms with Crippen molar-refractivity contribution < 1.29 is 22.3 Å². The van der Waals surface area contributed by atoms with Gasteiger partial charge in [0, 0.05) is 10.9 Å². The van der Waals surface area contributed by atoms with Crippen molar-refractivity contribution in [2.24, 2.45) is 0 Å². The van der Waals surface area contributed by atoms with E-state index in [2.05, 4.69) is 20.7 Å². The van der Waals surface area contributed by atoms with Crippen molar-refractivity contribution in [1.29, 1.82) is 0 Å². The molecule has 1 aromatic rings. The van der Waals surface area contributed by atoms with Gasteiger partial charge in [0.25, 0.3) is 0 Å². The lowest BCUT2D eigenvalue weighted by molar-refractivity contribution is -0.275. The molecule has 84 valence electrons. The molecule has 0 spiro atoms. The second kappa shape index (κ2) is 4.26. The van der Waals surface area contributed by atoms with Gasteiger partial charge < -0.3 is 10.5 Å². The second-order valence-corrected chi connectivity index (χ2v) is 3.20. The summed E-state index contributed by atoms with van der Waals surface area (Å²) >= 11 is 2.92. The number of halogens is 5. The molecule has 2 nitrogen and oxygen atoms in total. The normalized spacial score (nSPS) is 11.5. The lowest BCUT2D eigenvalue weighted by Crippen LogP contribution is -2.19. The molecule has 0 unspecified atom stereocenters. The van der Waals surface area contributed by atoms with Gasteiger partial charge in [0.2, 0.25) is 0 Å². The monoisotopic (exact) mass is 287 g/mol. The third kappa shape index (κ3) is 2.98. The fourth-order valence-corrected chi connectivity index (χ4v) is 1.38. The van der Waals surface area contributed by atoms with Crippen LogP contribution in [-0.2, 0) is 5.33 Å². The van der Waals surface area contributed by atoms with Gasteiger partial charge in [-0.15, -0.1) is 13.2 Å². The average Bonchev–Trinajstić information content (AvgIpc) is 2.11. The lowest BCUT2D eigenvalue weighted by atomic mass is 10.2. The molecule has 15 heavy (non-hydrogen) atoms. The van der Waals surface area contributed by atoms with Crippen LogP contribution < -0.4 is 10.5 Å². The van der Waals surface area contributed by atoms with E-state index >= 15 is 0 Å². The molecule has 0 radical (unpaired) electrons. The second-order valence-electron chi connectivity index (χ2n) is 2.64. The van der Waals surface area contributed by atoms with Crippen LogP contribution in [0.15, 0.2) is 12.1 Å². The Labute approximate surface area is 91.1 Å². The molecule has 0 saturated carbocycles. The van der Waals surface area contributed by atoms with Crippen LogP contribution in [0.4, 0.5) is 23.2 Å². The average molecular weight is 288 g/mol. The van der Waals surface area contributed by atoms with Crippen LogP contribution in [0.1, 0.15) is 5.56 Å². The highest BCUT2D eigenvalue weighted by Crippen LogP contribution is 2.33. The molecule has 0 aliphatic carbocycles. The maximum atomic E-state index is 13.2. The Morgan fingerprint density at radius 2 is 1.93 bits per heavy atom. The zero-order chi connectivity index (χ0) is 11.6. The van der Waals surface area contributed by atoms with Crippen molar-refractivity contribution in [1.82, 2.24) is 0 Å². The van der Waals surface area contributed by atoms with E-state index in [0.29, 0.717) is 0 Å². The van der Waals surface area contributed by atoms with Gasteiger partial charge in [-0.3, -0.25) is 0 Å². The maximum absolute atomic E-state index is 13.2. The number of hydrogen-bond donors (Lipinski definition) is 1. The molecule has 1 aromatic carbocycles. The predicted octanol–water partition coefficient (Wildman–Crippen LogP) is 3.20. The molecule has 1 rings (SSSR count). The molecule has 0 saturated heterocycles. The SMILES string of the molecule is Nc1ccc(CBr)c(OC(F)(F)F)c1F. The van der Waals surface area contributed by atoms with E-state index in [4.69, 9.17) is 5.73 Å². The zero-order valence-electron chi connectivity index (χ0n) is 7.24. The summed E-state index contributed by atoms with van der Waals surface area (Å²) in [5.41, 5.74) is 4.78. The smallest absolute Gasteiger partial charge is 0.402 e. The Hall–Kier alpha value is -0.980. The quantitative estimate of drug-likeness (QED) is 0.515. The van der Waals surface area contributed by atoms with Crippen LogP contribution in [0.2, 0.25) is 0 Å². The molecule has 0 aliphatic heterocycles. The Kier molecular flexibility index (Phi) is 3.43. The summed E-state index contributed by atoms with van der Waals surface area (Å²) in [6.07, 6.45) is -4.94. The summed E-state index contributed by atoms with van der Waals surface area (Å²) in [4.78, 5) is 0. The van der Waals surface area contributed by atoms with Crippen LogP contribution in [0.3, 0.4) is 0 Å². The molecule has 0 bridgehead atoms. The number of benzene rings is 1. The molecule has 0 amide bonds. The highest BCUT2D eigenvalue weighted by molar-refractivity contribution is 9.08. The molecular formula is C8H6BrF4NO. The number of hydrogen-bond acceptors (Lipinski definition) is 2. The fraction of sp³-hybridized carbons (Fsp3) is 0.250. The summed E-state index contributed by atoms with van der Waals surface area (Å²) in [6, 6.07) is 2.43. The molecule has 7 heteroatoms. The van der Waals surface area contributed by atoms with E-state index in [1.54, 1.807) is 0 Å². The van der Waals surface area contributed by atoms with Crippen molar-refractivity contribution in [3.63, 3.8) is 0 Å². The van der Waals surface area contributed by atoms with Crippen molar-refractivity contribution in [2.45, 2.75) is 11.7 Å². The van der Waals surface area contributed by atoms with Gasteiger partial charge in [0.1, 0.15) is 0 Å². The lowest BCUT2D eigenvalue weighted by Gasteiger charge is -2.13. The topological polar surface area (TPSA) is 35.2 Å². The third-order valence-corrected chi connectivity index (χ3v) is 2.17. The number of nitrogens with two attached hydrogens (primary N) is 1. The minimum Gasteiger partial charge on any atom is -0.402 e. The first kappa shape index (κ1) is 12.1. The predicted molar refractivity (Wildman–Crippen MR) is 50.1 cm³/mol. The standard InChI is InChI=1S/C8H6BrF4NO/c9-3-4-1-2-5(14)6(10)7(4)15-8(11,12)13/h1-2H,3,14H2. The van der Waals surface area contributed by atoms with E-state index in [0.717, 1.165) is 0 Å². The summed E-state index contributed by atoms with van der Waals surface area (Å²) in [5.74, 6) is -2.09.